The summed E-state index contributed by atoms with van der Waals surface area (Å²) < 4.78 is 0. The number of aliphatic imine (C=N–C) groups is 1. The number of nitrogens with one attached hydrogen (secondary N) is 2. The van der Waals surface area contributed by atoms with Crippen LogP contribution in [-0.4, -0.2) is 60.5 Å². The van der Waals surface area contributed by atoms with Crippen LogP contribution < -0.4 is 10.6 Å². The minimum absolute atomic E-state index is 0. The SMILES string of the molecule is CCNC(=NCC1(CC)CCCC1)NC1CCC(C(=O)N2CCSCC2)CC1.I. The molecule has 0 atom stereocenters. The molecule has 7 heteroatoms. The van der Waals surface area contributed by atoms with Crippen LogP contribution in [0.15, 0.2) is 4.99 Å². The lowest BCUT2D eigenvalue weighted by atomic mass is 9.83. The highest BCUT2D eigenvalue weighted by Gasteiger charge is 2.33. The molecule has 1 saturated heterocycles. The van der Waals surface area contributed by atoms with Crippen molar-refractivity contribution >= 4 is 47.6 Å². The fraction of sp³-hybridized carbons (Fsp3) is 0.909. The van der Waals surface area contributed by atoms with Crippen LogP contribution >= 0.6 is 35.7 Å². The van der Waals surface area contributed by atoms with Crippen molar-refractivity contribution in [2.45, 2.75) is 77.7 Å². The van der Waals surface area contributed by atoms with Gasteiger partial charge in [-0.1, -0.05) is 19.8 Å². The Labute approximate surface area is 199 Å². The molecule has 0 aromatic heterocycles. The summed E-state index contributed by atoms with van der Waals surface area (Å²) in [4.78, 5) is 19.8. The van der Waals surface area contributed by atoms with Gasteiger partial charge in [-0.2, -0.15) is 11.8 Å². The summed E-state index contributed by atoms with van der Waals surface area (Å²) >= 11 is 1.97. The number of guanidine groups is 1. The Balaban J connectivity index is 0.00000300. The van der Waals surface area contributed by atoms with E-state index >= 15 is 0 Å². The molecule has 5 nitrogen and oxygen atoms in total. The van der Waals surface area contributed by atoms with Crippen molar-refractivity contribution in [2.24, 2.45) is 16.3 Å². The van der Waals surface area contributed by atoms with Gasteiger partial charge in [-0.15, -0.1) is 24.0 Å². The van der Waals surface area contributed by atoms with Crippen LogP contribution in [0.4, 0.5) is 0 Å². The average Bonchev–Trinajstić information content (AvgIpc) is 3.22. The summed E-state index contributed by atoms with van der Waals surface area (Å²) in [5.74, 6) is 3.83. The van der Waals surface area contributed by atoms with Gasteiger partial charge in [-0.25, -0.2) is 0 Å². The van der Waals surface area contributed by atoms with Gasteiger partial charge in [0, 0.05) is 49.6 Å². The summed E-state index contributed by atoms with van der Waals surface area (Å²) in [5.41, 5.74) is 0.430. The van der Waals surface area contributed by atoms with E-state index in [1.54, 1.807) is 0 Å². The molecule has 1 aliphatic heterocycles. The molecule has 3 rings (SSSR count). The van der Waals surface area contributed by atoms with E-state index in [1.807, 2.05) is 11.8 Å². The number of carbonyl (C=O) groups excluding carboxylic acids is 1. The van der Waals surface area contributed by atoms with Crippen molar-refractivity contribution in [2.75, 3.05) is 37.7 Å². The minimum atomic E-state index is 0. The molecule has 0 unspecified atom stereocenters. The van der Waals surface area contributed by atoms with E-state index in [0.717, 1.165) is 69.3 Å². The molecule has 1 amide bonds. The van der Waals surface area contributed by atoms with E-state index in [4.69, 9.17) is 4.99 Å². The highest BCUT2D eigenvalue weighted by Crippen LogP contribution is 2.41. The van der Waals surface area contributed by atoms with Crippen LogP contribution in [0.25, 0.3) is 0 Å². The van der Waals surface area contributed by atoms with Crippen LogP contribution in [0, 0.1) is 11.3 Å². The van der Waals surface area contributed by atoms with Crippen molar-refractivity contribution < 1.29 is 4.79 Å². The number of hydrogen-bond acceptors (Lipinski definition) is 3. The monoisotopic (exact) mass is 536 g/mol. The van der Waals surface area contributed by atoms with Gasteiger partial charge in [0.1, 0.15) is 0 Å². The first-order chi connectivity index (χ1) is 13.7. The van der Waals surface area contributed by atoms with Gasteiger partial charge in [0.15, 0.2) is 5.96 Å². The molecule has 1 heterocycles. The standard InChI is InChI=1S/C22H40N4OS.HI/c1-3-22(11-5-6-12-22)17-24-21(23-4-2)25-19-9-7-18(8-10-19)20(27)26-13-15-28-16-14-26;/h18-19H,3-17H2,1-2H3,(H2,23,24,25);1H. The topological polar surface area (TPSA) is 56.7 Å². The van der Waals surface area contributed by atoms with Crippen LogP contribution in [0.2, 0.25) is 0 Å². The molecule has 3 aliphatic rings. The Morgan fingerprint density at radius 3 is 2.34 bits per heavy atom. The number of carbonyl (C=O) groups is 1. The van der Waals surface area contributed by atoms with Gasteiger partial charge in [0.05, 0.1) is 0 Å². The van der Waals surface area contributed by atoms with Crippen LogP contribution in [0.3, 0.4) is 0 Å². The Hall–Kier alpha value is -0.180. The maximum Gasteiger partial charge on any atom is 0.225 e. The zero-order valence-corrected chi connectivity index (χ0v) is 21.5. The largest absolute Gasteiger partial charge is 0.357 e. The second kappa shape index (κ2) is 12.6. The molecule has 2 aliphatic carbocycles. The molecule has 0 bridgehead atoms. The average molecular weight is 537 g/mol. The molecule has 3 fully saturated rings. The Bertz CT molecular complexity index is 525. The molecule has 168 valence electrons. The smallest absolute Gasteiger partial charge is 0.225 e. The summed E-state index contributed by atoms with van der Waals surface area (Å²) in [5, 5.41) is 7.11. The van der Waals surface area contributed by atoms with Crippen molar-refractivity contribution in [3.05, 3.63) is 0 Å². The summed E-state index contributed by atoms with van der Waals surface area (Å²) in [6.07, 6.45) is 10.8. The highest BCUT2D eigenvalue weighted by atomic mass is 127. The van der Waals surface area contributed by atoms with Gasteiger partial charge in [0.2, 0.25) is 5.91 Å². The molecule has 0 aromatic carbocycles. The third-order valence-corrected chi connectivity index (χ3v) is 8.01. The van der Waals surface area contributed by atoms with E-state index in [2.05, 4.69) is 29.4 Å². The second-order valence-corrected chi connectivity index (χ2v) is 10.1. The number of nitrogens with zero attached hydrogens (tertiary/aromatic N) is 2. The van der Waals surface area contributed by atoms with E-state index in [-0.39, 0.29) is 29.9 Å². The predicted molar refractivity (Wildman–Crippen MR) is 135 cm³/mol. The minimum Gasteiger partial charge on any atom is -0.357 e. The molecule has 0 aromatic rings. The normalized spacial score (nSPS) is 27.2. The van der Waals surface area contributed by atoms with E-state index in [9.17, 15) is 4.79 Å². The molecule has 29 heavy (non-hydrogen) atoms. The van der Waals surface area contributed by atoms with Gasteiger partial charge in [0.25, 0.3) is 0 Å². The lowest BCUT2D eigenvalue weighted by Gasteiger charge is -2.34. The molecule has 2 saturated carbocycles. The predicted octanol–water partition coefficient (Wildman–Crippen LogP) is 4.26. The van der Waals surface area contributed by atoms with Gasteiger partial charge < -0.3 is 15.5 Å². The summed E-state index contributed by atoms with van der Waals surface area (Å²) in [6.45, 7) is 8.18. The second-order valence-electron chi connectivity index (χ2n) is 8.89. The Morgan fingerprint density at radius 2 is 1.76 bits per heavy atom. The van der Waals surface area contributed by atoms with Crippen LogP contribution in [0.5, 0.6) is 0 Å². The number of rotatable bonds is 6. The third-order valence-electron chi connectivity index (χ3n) is 7.07. The Morgan fingerprint density at radius 1 is 1.10 bits per heavy atom. The van der Waals surface area contributed by atoms with E-state index in [0.29, 0.717) is 17.4 Å². The molecule has 0 spiro atoms. The quantitative estimate of drug-likeness (QED) is 0.303. The van der Waals surface area contributed by atoms with Crippen molar-refractivity contribution in [3.8, 4) is 0 Å². The van der Waals surface area contributed by atoms with Crippen LogP contribution in [0.1, 0.15) is 71.6 Å². The molecule has 0 radical (unpaired) electrons. The lowest BCUT2D eigenvalue weighted by molar-refractivity contribution is -0.136. The number of hydrogen-bond donors (Lipinski definition) is 2. The maximum absolute atomic E-state index is 12.8. The number of amides is 1. The summed E-state index contributed by atoms with van der Waals surface area (Å²) in [6, 6.07) is 0.444. The van der Waals surface area contributed by atoms with E-state index < -0.39 is 0 Å². The zero-order valence-electron chi connectivity index (χ0n) is 18.4. The molecular formula is C22H41IN4OS. The summed E-state index contributed by atoms with van der Waals surface area (Å²) in [7, 11) is 0. The maximum atomic E-state index is 12.8. The molecule has 2 N–H and O–H groups in total. The number of halogens is 1. The zero-order chi connectivity index (χ0) is 19.8. The van der Waals surface area contributed by atoms with Gasteiger partial charge in [-0.05, 0) is 57.3 Å². The van der Waals surface area contributed by atoms with Crippen molar-refractivity contribution in [3.63, 3.8) is 0 Å². The third kappa shape index (κ3) is 7.18. The fourth-order valence-corrected chi connectivity index (χ4v) is 5.94. The van der Waals surface area contributed by atoms with Crippen molar-refractivity contribution in [1.29, 1.82) is 0 Å². The van der Waals surface area contributed by atoms with Gasteiger partial charge in [-0.3, -0.25) is 9.79 Å². The highest BCUT2D eigenvalue weighted by molar-refractivity contribution is 14.0. The van der Waals surface area contributed by atoms with Gasteiger partial charge >= 0.3 is 0 Å². The fourth-order valence-electron chi connectivity index (χ4n) is 5.04. The first-order valence-electron chi connectivity index (χ1n) is 11.6. The number of thioether (sulfide) groups is 1. The Kier molecular flexibility index (Phi) is 10.9. The van der Waals surface area contributed by atoms with E-state index in [1.165, 1.54) is 32.1 Å². The van der Waals surface area contributed by atoms with Crippen LogP contribution in [-0.2, 0) is 4.79 Å². The van der Waals surface area contributed by atoms with Crippen molar-refractivity contribution in [1.82, 2.24) is 15.5 Å². The lowest BCUT2D eigenvalue weighted by Crippen LogP contribution is -2.47. The molecular weight excluding hydrogens is 495 g/mol. The first-order valence-corrected chi connectivity index (χ1v) is 12.7. The first kappa shape index (κ1) is 25.1.